The van der Waals surface area contributed by atoms with Gasteiger partial charge in [0.15, 0.2) is 31.5 Å². The molecule has 2 saturated heterocycles. The van der Waals surface area contributed by atoms with Crippen LogP contribution in [0.3, 0.4) is 0 Å². The zero-order chi connectivity index (χ0) is 52.9. The van der Waals surface area contributed by atoms with Gasteiger partial charge < -0.3 is 24.1 Å². The second-order valence-corrected chi connectivity index (χ2v) is 27.1. The van der Waals surface area contributed by atoms with Crippen molar-refractivity contribution in [1.82, 2.24) is 41.2 Å². The van der Waals surface area contributed by atoms with Crippen molar-refractivity contribution in [2.75, 3.05) is 0 Å². The number of benzene rings is 2. The van der Waals surface area contributed by atoms with Gasteiger partial charge in [-0.05, 0) is 99.2 Å². The van der Waals surface area contributed by atoms with Gasteiger partial charge in [0.05, 0.1) is 30.1 Å². The van der Waals surface area contributed by atoms with Crippen molar-refractivity contribution in [3.05, 3.63) is 130 Å². The van der Waals surface area contributed by atoms with Gasteiger partial charge in [-0.3, -0.25) is 0 Å². The molecular weight excluding hydrogens is 957 g/mol. The number of nitrogens with one attached hydrogen (secondary N) is 2. The molecule has 2 aliphatic heterocycles. The number of aromatic amines is 2. The Balaban J connectivity index is 0.000000218. The van der Waals surface area contributed by atoms with E-state index in [1.165, 1.54) is 23.3 Å². The Morgan fingerprint density at radius 3 is 1.75 bits per heavy atom. The van der Waals surface area contributed by atoms with E-state index in [4.69, 9.17) is 13.9 Å². The van der Waals surface area contributed by atoms with Gasteiger partial charge in [-0.15, -0.1) is 20.4 Å². The molecule has 0 spiro atoms. The number of aliphatic hydroxyl groups excluding tert-OH is 2. The predicted molar refractivity (Wildman–Crippen MR) is 274 cm³/mol. The Bertz CT molecular complexity index is 2530. The van der Waals surface area contributed by atoms with E-state index in [-0.39, 0.29) is 52.8 Å². The van der Waals surface area contributed by atoms with Crippen molar-refractivity contribution in [3.8, 4) is 0 Å². The maximum atomic E-state index is 15.8. The SMILES string of the molecule is Cc1cccc([C@@H](C)[C@@H](/C=C/[C@@H]2[C@@H]3[C@H](C[C@H]2C)O/C(=C\CCCc2nn[nH]n2)C3(F)F)O[Si](C)(C)C(C)(C)C)c1.Cc1cccc([C@@H](C)[C@H](O)/C=C/[C@@H]2[C@@H]3[C@H](C[C@H]2O)O/C(=C\CCCc2nn[nH]n2)C3(F)F)c1. The number of aryl methyl sites for hydroxylation is 4. The number of H-pyrrole nitrogens is 2. The molecule has 12 atom stereocenters. The second-order valence-electron chi connectivity index (χ2n) is 22.4. The average Bonchev–Trinajstić information content (AvgIpc) is 4.20. The van der Waals surface area contributed by atoms with E-state index in [1.807, 2.05) is 44.2 Å². The summed E-state index contributed by atoms with van der Waals surface area (Å²) in [7, 11) is -2.12. The van der Waals surface area contributed by atoms with E-state index in [2.05, 4.69) is 126 Å². The van der Waals surface area contributed by atoms with Crippen LogP contribution in [0, 0.1) is 43.4 Å². The van der Waals surface area contributed by atoms with Crippen LogP contribution in [-0.4, -0.2) is 102 Å². The normalized spacial score (nSPS) is 28.2. The summed E-state index contributed by atoms with van der Waals surface area (Å²) in [4.78, 5) is 0. The summed E-state index contributed by atoms with van der Waals surface area (Å²) in [5, 5.41) is 48.4. The third kappa shape index (κ3) is 13.1. The zero-order valence-corrected chi connectivity index (χ0v) is 45.0. The minimum Gasteiger partial charge on any atom is -0.488 e. The number of aromatic nitrogens is 8. The number of nitrogens with zero attached hydrogens (tertiary/aromatic N) is 6. The van der Waals surface area contributed by atoms with Crippen molar-refractivity contribution >= 4 is 8.32 Å². The van der Waals surface area contributed by atoms with Gasteiger partial charge in [0.2, 0.25) is 0 Å². The number of aliphatic hydroxyl groups is 2. The molecule has 13 nitrogen and oxygen atoms in total. The Labute approximate surface area is 428 Å². The average molecular weight is 1030 g/mol. The molecule has 0 radical (unpaired) electrons. The highest BCUT2D eigenvalue weighted by Gasteiger charge is 2.64. The molecule has 4 aromatic rings. The molecule has 2 aliphatic carbocycles. The lowest BCUT2D eigenvalue weighted by Gasteiger charge is -2.40. The van der Waals surface area contributed by atoms with Crippen LogP contribution in [0.5, 0.6) is 0 Å². The van der Waals surface area contributed by atoms with Crippen LogP contribution in [0.1, 0.15) is 126 Å². The van der Waals surface area contributed by atoms with E-state index in [0.717, 1.165) is 11.1 Å². The van der Waals surface area contributed by atoms with Crippen LogP contribution in [0.15, 0.2) is 96.5 Å². The quantitative estimate of drug-likeness (QED) is 0.0323. The molecule has 2 aromatic heterocycles. The molecule has 4 heterocycles. The lowest BCUT2D eigenvalue weighted by atomic mass is 9.84. The zero-order valence-electron chi connectivity index (χ0n) is 44.0. The number of hydrogen-bond acceptors (Lipinski definition) is 11. The molecule has 73 heavy (non-hydrogen) atoms. The standard InChI is InChI=1S/C31H46F2N4O2Si.C24H30F2N4O3/c1-20-12-11-13-23(18-20)22(3)25(39-40(7,8)30(4,5)6)17-16-24-21(2)19-26-29(24)31(32,33)27(38-26)14-9-10-15-28-34-36-37-35-28;1-14-6-5-7-16(12-14)15(2)18(31)11-10-17-19(32)13-20-23(17)24(25,26)21(33-20)8-3-4-9-22-27-29-30-28-22/h11-14,16-18,21-22,24-26,29H,9-10,15,19H2,1-8H3,(H,34,35,36,37);5-8,10-12,15,17-20,23,31-32H,3-4,9,13H2,1-2H3,(H,27,28,29,30)/b17-16+,27-14-;11-10+,21-8-/t21-,22-,24+,25-,26+,29-;15-,17+,18-,19-,20+,23-/m11/s1. The fraction of sp³-hybridized carbons (Fsp3) is 0.600. The van der Waals surface area contributed by atoms with Crippen molar-refractivity contribution in [2.24, 2.45) is 29.6 Å². The largest absolute Gasteiger partial charge is 0.488 e. The molecule has 4 fully saturated rings. The topological polar surface area (TPSA) is 177 Å². The summed E-state index contributed by atoms with van der Waals surface area (Å²) < 4.78 is 80.5. The molecule has 4 N–H and O–H groups in total. The lowest BCUT2D eigenvalue weighted by Crippen LogP contribution is -2.44. The van der Waals surface area contributed by atoms with Crippen LogP contribution in [0.25, 0.3) is 0 Å². The Kier molecular flexibility index (Phi) is 17.7. The number of allylic oxidation sites excluding steroid dienone is 5. The Morgan fingerprint density at radius 1 is 0.767 bits per heavy atom. The molecular formula is C55H76F4N8O5Si. The molecule has 2 aromatic carbocycles. The van der Waals surface area contributed by atoms with E-state index in [9.17, 15) is 10.2 Å². The first-order chi connectivity index (χ1) is 34.5. The molecule has 2 saturated carbocycles. The number of hydrogen-bond donors (Lipinski definition) is 4. The summed E-state index contributed by atoms with van der Waals surface area (Å²) in [6.07, 6.45) is 10.9. The van der Waals surface area contributed by atoms with E-state index in [0.29, 0.717) is 56.6 Å². The number of rotatable bonds is 18. The maximum absolute atomic E-state index is 15.8. The van der Waals surface area contributed by atoms with Crippen molar-refractivity contribution in [1.29, 1.82) is 0 Å². The first-order valence-corrected chi connectivity index (χ1v) is 28.9. The monoisotopic (exact) mass is 1030 g/mol. The van der Waals surface area contributed by atoms with Crippen LogP contribution in [0.4, 0.5) is 17.6 Å². The predicted octanol–water partition coefficient (Wildman–Crippen LogP) is 11.2. The number of alkyl halides is 4. The second kappa shape index (κ2) is 23.2. The highest BCUT2D eigenvalue weighted by molar-refractivity contribution is 6.74. The van der Waals surface area contributed by atoms with Crippen molar-refractivity contribution < 1.29 is 41.7 Å². The van der Waals surface area contributed by atoms with Gasteiger partial charge in [0, 0.05) is 37.0 Å². The van der Waals surface area contributed by atoms with Crippen molar-refractivity contribution in [2.45, 2.75) is 179 Å². The number of unbranched alkanes of at least 4 members (excludes halogenated alkanes) is 2. The van der Waals surface area contributed by atoms with Crippen LogP contribution >= 0.6 is 0 Å². The third-order valence-corrected chi connectivity index (χ3v) is 20.4. The van der Waals surface area contributed by atoms with Crippen LogP contribution in [-0.2, 0) is 26.7 Å². The molecule has 398 valence electrons. The molecule has 8 rings (SSSR count). The molecule has 0 amide bonds. The fourth-order valence-corrected chi connectivity index (χ4v) is 11.9. The first-order valence-electron chi connectivity index (χ1n) is 26.0. The summed E-state index contributed by atoms with van der Waals surface area (Å²) in [6, 6.07) is 16.3. The minimum atomic E-state index is -3.18. The van der Waals surface area contributed by atoms with Gasteiger partial charge in [-0.25, -0.2) is 0 Å². The van der Waals surface area contributed by atoms with Gasteiger partial charge in [-0.1, -0.05) is 136 Å². The summed E-state index contributed by atoms with van der Waals surface area (Å²) in [5.74, 6) is -8.71. The highest BCUT2D eigenvalue weighted by atomic mass is 28.4. The first kappa shape index (κ1) is 55.7. The van der Waals surface area contributed by atoms with Gasteiger partial charge >= 0.3 is 11.8 Å². The molecule has 0 unspecified atom stereocenters. The number of halogens is 4. The fourth-order valence-electron chi connectivity index (χ4n) is 10.6. The van der Waals surface area contributed by atoms with E-state index >= 15 is 17.6 Å². The molecule has 4 aliphatic rings. The van der Waals surface area contributed by atoms with Crippen LogP contribution < -0.4 is 0 Å². The maximum Gasteiger partial charge on any atom is 0.310 e. The Hall–Kier alpha value is -5.04. The smallest absolute Gasteiger partial charge is 0.310 e. The van der Waals surface area contributed by atoms with Gasteiger partial charge in [-0.2, -0.15) is 28.0 Å². The van der Waals surface area contributed by atoms with Gasteiger partial charge in [0.1, 0.15) is 12.2 Å². The summed E-state index contributed by atoms with van der Waals surface area (Å²) in [6.45, 7) is 21.4. The summed E-state index contributed by atoms with van der Waals surface area (Å²) >= 11 is 0. The number of fused-ring (bicyclic) bond motifs is 2. The lowest BCUT2D eigenvalue weighted by molar-refractivity contribution is -0.0273. The molecule has 18 heteroatoms. The van der Waals surface area contributed by atoms with Crippen LogP contribution in [0.2, 0.25) is 18.1 Å². The van der Waals surface area contributed by atoms with Gasteiger partial charge in [0.25, 0.3) is 0 Å². The number of ether oxygens (including phenoxy) is 2. The summed E-state index contributed by atoms with van der Waals surface area (Å²) in [5.41, 5.74) is 4.46. The Morgan fingerprint density at radius 2 is 1.26 bits per heavy atom. The highest BCUT2D eigenvalue weighted by Crippen LogP contribution is 2.57. The van der Waals surface area contributed by atoms with E-state index < -0.39 is 62.3 Å². The number of tetrazole rings is 2. The minimum absolute atomic E-state index is 0.0346. The van der Waals surface area contributed by atoms with Crippen molar-refractivity contribution in [3.63, 3.8) is 0 Å². The van der Waals surface area contributed by atoms with E-state index in [1.54, 1.807) is 12.2 Å². The molecule has 0 bridgehead atoms. The third-order valence-electron chi connectivity index (χ3n) is 15.9.